The lowest BCUT2D eigenvalue weighted by Gasteiger charge is -2.22. The summed E-state index contributed by atoms with van der Waals surface area (Å²) in [7, 11) is 0. The van der Waals surface area contributed by atoms with Gasteiger partial charge in [-0.05, 0) is 41.6 Å². The quantitative estimate of drug-likeness (QED) is 0.425. The molecule has 0 aliphatic heterocycles. The summed E-state index contributed by atoms with van der Waals surface area (Å²) in [5, 5.41) is 11.2. The van der Waals surface area contributed by atoms with Crippen LogP contribution in [0.4, 0.5) is 5.69 Å². The van der Waals surface area contributed by atoms with E-state index in [-0.39, 0.29) is 12.5 Å². The normalized spacial score (nSPS) is 11.0. The molecule has 0 fully saturated rings. The number of hydrogen-bond acceptors (Lipinski definition) is 4. The van der Waals surface area contributed by atoms with Crippen LogP contribution in [-0.2, 0) is 24.3 Å². The summed E-state index contributed by atoms with van der Waals surface area (Å²) >= 11 is 1.41. The van der Waals surface area contributed by atoms with Crippen molar-refractivity contribution in [2.24, 2.45) is 0 Å². The number of hydrogen-bond donors (Lipinski definition) is 1. The predicted octanol–water partition coefficient (Wildman–Crippen LogP) is 4.98. The molecule has 0 saturated heterocycles. The number of aromatic nitrogens is 2. The monoisotopic (exact) mass is 433 g/mol. The zero-order valence-corrected chi connectivity index (χ0v) is 18.0. The summed E-state index contributed by atoms with van der Waals surface area (Å²) in [4.78, 5) is 31.8. The van der Waals surface area contributed by atoms with Crippen LogP contribution in [0.25, 0.3) is 11.0 Å². The lowest BCUT2D eigenvalue weighted by Crippen LogP contribution is -2.29. The highest BCUT2D eigenvalue weighted by Gasteiger charge is 2.21. The van der Waals surface area contributed by atoms with Gasteiger partial charge in [0.25, 0.3) is 5.91 Å². The summed E-state index contributed by atoms with van der Waals surface area (Å²) in [5.74, 6) is -0.229. The summed E-state index contributed by atoms with van der Waals surface area (Å²) in [6.07, 6.45) is 1.56. The lowest BCUT2D eigenvalue weighted by atomic mass is 10.1. The van der Waals surface area contributed by atoms with Crippen LogP contribution < -0.4 is 4.90 Å². The van der Waals surface area contributed by atoms with Gasteiger partial charge in [0, 0.05) is 12.1 Å². The first-order chi connectivity index (χ1) is 15.1. The SMILES string of the molecule is CCCc1nc2cc(N(Cc3ccccc3)C(=O)c3cccs3)ccc2n1CC(=O)O. The smallest absolute Gasteiger partial charge is 0.323 e. The molecule has 0 radical (unpaired) electrons. The number of aliphatic carboxylic acids is 1. The van der Waals surface area contributed by atoms with Crippen molar-refractivity contribution in [3.8, 4) is 0 Å². The number of carbonyl (C=O) groups excluding carboxylic acids is 1. The van der Waals surface area contributed by atoms with E-state index in [1.165, 1.54) is 11.3 Å². The van der Waals surface area contributed by atoms with Gasteiger partial charge in [0.05, 0.1) is 22.5 Å². The van der Waals surface area contributed by atoms with Gasteiger partial charge in [0.2, 0.25) is 0 Å². The fraction of sp³-hybridized carbons (Fsp3) is 0.208. The zero-order valence-electron chi connectivity index (χ0n) is 17.2. The van der Waals surface area contributed by atoms with Crippen LogP contribution in [0.2, 0.25) is 0 Å². The Balaban J connectivity index is 1.77. The molecule has 0 atom stereocenters. The molecule has 0 spiro atoms. The summed E-state index contributed by atoms with van der Waals surface area (Å²) in [6.45, 7) is 2.34. The minimum atomic E-state index is -0.903. The van der Waals surface area contributed by atoms with E-state index in [0.717, 1.165) is 29.0 Å². The number of rotatable bonds is 8. The topological polar surface area (TPSA) is 75.4 Å². The first kappa shape index (κ1) is 20.8. The van der Waals surface area contributed by atoms with Crippen LogP contribution in [0, 0.1) is 0 Å². The molecule has 1 N–H and O–H groups in total. The first-order valence-corrected chi connectivity index (χ1v) is 11.0. The van der Waals surface area contributed by atoms with Gasteiger partial charge >= 0.3 is 5.97 Å². The second kappa shape index (κ2) is 9.14. The predicted molar refractivity (Wildman–Crippen MR) is 123 cm³/mol. The molecule has 7 heteroatoms. The Morgan fingerprint density at radius 2 is 1.90 bits per heavy atom. The summed E-state index contributed by atoms with van der Waals surface area (Å²) in [6, 6.07) is 19.1. The number of nitrogens with zero attached hydrogens (tertiary/aromatic N) is 3. The van der Waals surface area contributed by atoms with E-state index in [1.807, 2.05) is 73.0 Å². The van der Waals surface area contributed by atoms with Crippen LogP contribution in [0.15, 0.2) is 66.0 Å². The van der Waals surface area contributed by atoms with Gasteiger partial charge in [0.15, 0.2) is 0 Å². The summed E-state index contributed by atoms with van der Waals surface area (Å²) < 4.78 is 1.74. The van der Waals surface area contributed by atoms with Crippen LogP contribution in [0.5, 0.6) is 0 Å². The van der Waals surface area contributed by atoms with E-state index in [4.69, 9.17) is 4.98 Å². The van der Waals surface area contributed by atoms with Crippen molar-refractivity contribution in [2.45, 2.75) is 32.9 Å². The third-order valence-corrected chi connectivity index (χ3v) is 5.91. The van der Waals surface area contributed by atoms with Gasteiger partial charge in [-0.25, -0.2) is 4.98 Å². The highest BCUT2D eigenvalue weighted by atomic mass is 32.1. The van der Waals surface area contributed by atoms with Crippen molar-refractivity contribution in [3.05, 3.63) is 82.3 Å². The molecule has 1 amide bonds. The van der Waals surface area contributed by atoms with Gasteiger partial charge in [0.1, 0.15) is 12.4 Å². The number of imidazole rings is 1. The molecule has 2 aromatic carbocycles. The molecule has 2 heterocycles. The number of carboxylic acids is 1. The van der Waals surface area contributed by atoms with E-state index in [2.05, 4.69) is 0 Å². The van der Waals surface area contributed by atoms with Crippen molar-refractivity contribution in [3.63, 3.8) is 0 Å². The summed E-state index contributed by atoms with van der Waals surface area (Å²) in [5.41, 5.74) is 3.21. The number of thiophene rings is 1. The fourth-order valence-corrected chi connectivity index (χ4v) is 4.31. The Labute approximate surface area is 184 Å². The molecule has 0 unspecified atom stereocenters. The Morgan fingerprint density at radius 1 is 1.10 bits per heavy atom. The van der Waals surface area contributed by atoms with Gasteiger partial charge in [-0.1, -0.05) is 43.3 Å². The molecule has 2 aromatic heterocycles. The maximum absolute atomic E-state index is 13.3. The Morgan fingerprint density at radius 3 is 2.58 bits per heavy atom. The maximum Gasteiger partial charge on any atom is 0.323 e. The Kier molecular flexibility index (Phi) is 6.13. The van der Waals surface area contributed by atoms with E-state index in [0.29, 0.717) is 23.4 Å². The fourth-order valence-electron chi connectivity index (χ4n) is 3.64. The molecule has 0 saturated carbocycles. The molecule has 4 aromatic rings. The van der Waals surface area contributed by atoms with Crippen LogP contribution in [0.1, 0.15) is 34.4 Å². The number of carbonyl (C=O) groups is 2. The first-order valence-electron chi connectivity index (χ1n) is 10.2. The average Bonchev–Trinajstić information content (AvgIpc) is 3.41. The van der Waals surface area contributed by atoms with E-state index in [1.54, 1.807) is 9.47 Å². The van der Waals surface area contributed by atoms with E-state index in [9.17, 15) is 14.7 Å². The molecule has 6 nitrogen and oxygen atoms in total. The van der Waals surface area contributed by atoms with Gasteiger partial charge in [-0.2, -0.15) is 0 Å². The molecular weight excluding hydrogens is 410 g/mol. The highest BCUT2D eigenvalue weighted by Crippen LogP contribution is 2.27. The van der Waals surface area contributed by atoms with Crippen LogP contribution in [-0.4, -0.2) is 26.5 Å². The second-order valence-electron chi connectivity index (χ2n) is 7.29. The van der Waals surface area contributed by atoms with E-state index >= 15 is 0 Å². The Bertz CT molecular complexity index is 1200. The van der Waals surface area contributed by atoms with Gasteiger partial charge in [-0.15, -0.1) is 11.3 Å². The minimum Gasteiger partial charge on any atom is -0.480 e. The maximum atomic E-state index is 13.3. The van der Waals surface area contributed by atoms with Crippen molar-refractivity contribution in [1.82, 2.24) is 9.55 Å². The molecule has 158 valence electrons. The number of benzene rings is 2. The molecule has 0 aliphatic rings. The van der Waals surface area contributed by atoms with E-state index < -0.39 is 5.97 Å². The minimum absolute atomic E-state index is 0.0723. The average molecular weight is 434 g/mol. The second-order valence-corrected chi connectivity index (χ2v) is 8.23. The largest absolute Gasteiger partial charge is 0.480 e. The van der Waals surface area contributed by atoms with Crippen molar-refractivity contribution in [1.29, 1.82) is 0 Å². The number of aryl methyl sites for hydroxylation is 1. The number of anilines is 1. The zero-order chi connectivity index (χ0) is 21.8. The highest BCUT2D eigenvalue weighted by molar-refractivity contribution is 7.12. The Hall–Kier alpha value is -3.45. The standard InChI is InChI=1S/C24H23N3O3S/c1-2-7-22-25-19-14-18(11-12-20(19)27(22)16-23(28)29)26(15-17-8-4-3-5-9-17)24(30)21-10-6-13-31-21/h3-6,8-14H,2,7,15-16H2,1H3,(H,28,29). The van der Waals surface area contributed by atoms with Gasteiger partial charge < -0.3 is 14.6 Å². The molecule has 0 bridgehead atoms. The molecule has 0 aliphatic carbocycles. The molecular formula is C24H23N3O3S. The number of amides is 1. The van der Waals surface area contributed by atoms with Crippen molar-refractivity contribution < 1.29 is 14.7 Å². The van der Waals surface area contributed by atoms with Crippen molar-refractivity contribution in [2.75, 3.05) is 4.90 Å². The molecule has 31 heavy (non-hydrogen) atoms. The molecule has 4 rings (SSSR count). The van der Waals surface area contributed by atoms with Crippen LogP contribution in [0.3, 0.4) is 0 Å². The lowest BCUT2D eigenvalue weighted by molar-refractivity contribution is -0.137. The van der Waals surface area contributed by atoms with Gasteiger partial charge in [-0.3, -0.25) is 9.59 Å². The third-order valence-electron chi connectivity index (χ3n) is 5.05. The van der Waals surface area contributed by atoms with Crippen LogP contribution >= 0.6 is 11.3 Å². The van der Waals surface area contributed by atoms with Crippen molar-refractivity contribution >= 4 is 39.9 Å². The third kappa shape index (κ3) is 4.51. The number of fused-ring (bicyclic) bond motifs is 1. The number of carboxylic acid groups (broad SMARTS) is 1.